The van der Waals surface area contributed by atoms with Gasteiger partial charge in [-0.05, 0) is 80.8 Å². The molecule has 6 aromatic rings. The molecule has 0 radical (unpaired) electrons. The van der Waals surface area contributed by atoms with Crippen LogP contribution in [0.3, 0.4) is 0 Å². The van der Waals surface area contributed by atoms with E-state index in [1.807, 2.05) is 77.4 Å². The maximum absolute atomic E-state index is 13.2. The van der Waals surface area contributed by atoms with Crippen LogP contribution in [0.4, 0.5) is 5.82 Å². The van der Waals surface area contributed by atoms with Crippen LogP contribution in [-0.2, 0) is 24.1 Å². The van der Waals surface area contributed by atoms with Crippen molar-refractivity contribution in [2.75, 3.05) is 32.8 Å². The molecule has 62 heavy (non-hydrogen) atoms. The minimum Gasteiger partial charge on any atom is -0.497 e. The number of hydrogen-bond donors (Lipinski definition) is 1. The molecule has 1 aliphatic heterocycles. The second-order valence-electron chi connectivity index (χ2n) is 15.2. The van der Waals surface area contributed by atoms with Crippen molar-refractivity contribution in [3.8, 4) is 17.6 Å². The van der Waals surface area contributed by atoms with Gasteiger partial charge in [0.2, 0.25) is 0 Å². The normalized spacial score (nSPS) is 17.1. The summed E-state index contributed by atoms with van der Waals surface area (Å²) in [5, 5.41) is 12.3. The largest absolute Gasteiger partial charge is 0.497 e. The first-order valence-electron chi connectivity index (χ1n) is 20.6. The highest BCUT2D eigenvalue weighted by Crippen LogP contribution is 2.51. The fraction of sp³-hybridized carbons (Fsp3) is 0.340. The van der Waals surface area contributed by atoms with Crippen LogP contribution >= 0.6 is 8.53 Å². The van der Waals surface area contributed by atoms with Gasteiger partial charge in [-0.3, -0.25) is 9.36 Å². The lowest BCUT2D eigenvalue weighted by atomic mass is 9.80. The number of aromatic nitrogens is 4. The standard InChI is InChI=1S/C47H52N7O7P/c1-32(2)54(33(3)4)62(59-27-13-26-48)61-40-28-42(53-31-51-43-44(49-30-50-45(43)53)52-46(55)34-14-9-7-10-15-34)60-41(40)29-58-47(35-16-11-8-12-17-35,36-18-22-38(56-5)23-19-36)37-20-24-39(57-6)25-21-37/h7-12,14-25,30-33,40-42H,13,27-29H2,1-6H3,(H,49,50,52,55)/t40?,41-,42-,62?/m0/s1. The van der Waals surface area contributed by atoms with Gasteiger partial charge in [0.05, 0.1) is 52.4 Å². The number of rotatable bonds is 19. The van der Waals surface area contributed by atoms with Gasteiger partial charge in [-0.25, -0.2) is 19.6 Å². The minimum absolute atomic E-state index is 0.0747. The number of fused-ring (bicyclic) bond motifs is 1. The van der Waals surface area contributed by atoms with E-state index in [9.17, 15) is 10.1 Å². The lowest BCUT2D eigenvalue weighted by Crippen LogP contribution is -2.39. The molecular weight excluding hydrogens is 806 g/mol. The fourth-order valence-electron chi connectivity index (χ4n) is 7.75. The molecule has 2 aromatic heterocycles. The number of carbonyl (C=O) groups is 1. The number of imidazole rings is 1. The molecule has 1 N–H and O–H groups in total. The lowest BCUT2D eigenvalue weighted by molar-refractivity contribution is -0.0912. The summed E-state index contributed by atoms with van der Waals surface area (Å²) in [6.45, 7) is 8.70. The topological polar surface area (TPSA) is 155 Å². The van der Waals surface area contributed by atoms with E-state index in [1.165, 1.54) is 6.33 Å². The Bertz CT molecular complexity index is 2360. The van der Waals surface area contributed by atoms with Crippen LogP contribution in [-0.4, -0.2) is 81.8 Å². The highest BCUT2D eigenvalue weighted by atomic mass is 31.2. The zero-order valence-corrected chi connectivity index (χ0v) is 36.6. The summed E-state index contributed by atoms with van der Waals surface area (Å²) in [6.07, 6.45) is 1.84. The zero-order valence-electron chi connectivity index (χ0n) is 35.8. The van der Waals surface area contributed by atoms with Gasteiger partial charge in [0.15, 0.2) is 17.0 Å². The van der Waals surface area contributed by atoms with Gasteiger partial charge < -0.3 is 33.3 Å². The molecule has 7 rings (SSSR count). The first-order chi connectivity index (χ1) is 30.2. The van der Waals surface area contributed by atoms with E-state index in [2.05, 4.69) is 70.8 Å². The van der Waals surface area contributed by atoms with Gasteiger partial charge in [-0.15, -0.1) is 0 Å². The molecule has 4 atom stereocenters. The molecule has 1 saturated heterocycles. The van der Waals surface area contributed by atoms with Crippen molar-refractivity contribution in [3.05, 3.63) is 144 Å². The van der Waals surface area contributed by atoms with Crippen LogP contribution in [0, 0.1) is 11.3 Å². The lowest BCUT2D eigenvalue weighted by Gasteiger charge is -2.39. The maximum Gasteiger partial charge on any atom is 0.259 e. The van der Waals surface area contributed by atoms with Crippen LogP contribution in [0.25, 0.3) is 11.2 Å². The van der Waals surface area contributed by atoms with Gasteiger partial charge in [0.1, 0.15) is 35.8 Å². The van der Waals surface area contributed by atoms with Crippen LogP contribution in [0.1, 0.15) is 73.8 Å². The zero-order chi connectivity index (χ0) is 43.6. The first kappa shape index (κ1) is 44.3. The predicted molar refractivity (Wildman–Crippen MR) is 237 cm³/mol. The van der Waals surface area contributed by atoms with Crippen molar-refractivity contribution < 1.29 is 32.8 Å². The number of ether oxygens (including phenoxy) is 4. The summed E-state index contributed by atoms with van der Waals surface area (Å²) in [5.74, 6) is 1.39. The third-order valence-corrected chi connectivity index (χ3v) is 12.8. The number of methoxy groups -OCH3 is 2. The van der Waals surface area contributed by atoms with Crippen LogP contribution in [0.2, 0.25) is 0 Å². The van der Waals surface area contributed by atoms with Crippen molar-refractivity contribution >= 4 is 31.4 Å². The average molecular weight is 858 g/mol. The summed E-state index contributed by atoms with van der Waals surface area (Å²) >= 11 is 0. The second kappa shape index (κ2) is 20.4. The molecule has 3 heterocycles. The monoisotopic (exact) mass is 857 g/mol. The summed E-state index contributed by atoms with van der Waals surface area (Å²) in [4.78, 5) is 26.8. The molecule has 1 amide bonds. The van der Waals surface area contributed by atoms with E-state index >= 15 is 0 Å². The number of nitriles is 1. The Labute approximate surface area is 363 Å². The quantitative estimate of drug-likeness (QED) is 0.0469. The van der Waals surface area contributed by atoms with Gasteiger partial charge in [-0.1, -0.05) is 72.8 Å². The van der Waals surface area contributed by atoms with E-state index < -0.39 is 32.6 Å². The summed E-state index contributed by atoms with van der Waals surface area (Å²) < 4.78 is 43.0. The van der Waals surface area contributed by atoms with E-state index in [4.69, 9.17) is 28.0 Å². The minimum atomic E-state index is -1.66. The van der Waals surface area contributed by atoms with Crippen molar-refractivity contribution in [2.45, 2.75) is 76.7 Å². The Kier molecular flexibility index (Phi) is 14.6. The number of amides is 1. The summed E-state index contributed by atoms with van der Waals surface area (Å²) in [7, 11) is 1.62. The Balaban J connectivity index is 1.28. The predicted octanol–water partition coefficient (Wildman–Crippen LogP) is 9.05. The van der Waals surface area contributed by atoms with Crippen molar-refractivity contribution in [1.82, 2.24) is 24.2 Å². The van der Waals surface area contributed by atoms with Crippen molar-refractivity contribution in [2.24, 2.45) is 0 Å². The number of benzene rings is 4. The Morgan fingerprint density at radius 1 is 0.871 bits per heavy atom. The average Bonchev–Trinajstić information content (AvgIpc) is 3.92. The highest BCUT2D eigenvalue weighted by molar-refractivity contribution is 7.44. The van der Waals surface area contributed by atoms with E-state index in [1.54, 1.807) is 44.8 Å². The number of nitrogens with one attached hydrogen (secondary N) is 1. The van der Waals surface area contributed by atoms with Gasteiger partial charge in [0.25, 0.3) is 14.4 Å². The maximum atomic E-state index is 13.2. The SMILES string of the molecule is COc1ccc(C(OC[C@@H]2O[C@H](n3cnc4c(NC(=O)c5ccccc5)ncnc43)CC2OP(OCCC#N)N(C(C)C)C(C)C)(c2ccccc2)c2ccc(OC)cc2)cc1. The molecule has 322 valence electrons. The third kappa shape index (κ3) is 9.64. The van der Waals surface area contributed by atoms with Crippen LogP contribution in [0.5, 0.6) is 11.5 Å². The number of hydrogen-bond acceptors (Lipinski definition) is 12. The Morgan fingerprint density at radius 3 is 2.05 bits per heavy atom. The third-order valence-electron chi connectivity index (χ3n) is 10.6. The van der Waals surface area contributed by atoms with E-state index in [0.717, 1.165) is 16.7 Å². The van der Waals surface area contributed by atoms with Crippen molar-refractivity contribution in [1.29, 1.82) is 5.26 Å². The van der Waals surface area contributed by atoms with Crippen LogP contribution in [0.15, 0.2) is 122 Å². The first-order valence-corrected chi connectivity index (χ1v) is 21.7. The van der Waals surface area contributed by atoms with E-state index in [-0.39, 0.29) is 43.4 Å². The summed E-state index contributed by atoms with van der Waals surface area (Å²) in [6, 6.07) is 37.1. The van der Waals surface area contributed by atoms with E-state index in [0.29, 0.717) is 34.6 Å². The Morgan fingerprint density at radius 2 is 1.47 bits per heavy atom. The Hall–Kier alpha value is -5.78. The molecule has 15 heteroatoms. The smallest absolute Gasteiger partial charge is 0.259 e. The van der Waals surface area contributed by atoms with Gasteiger partial charge in [-0.2, -0.15) is 5.26 Å². The van der Waals surface area contributed by atoms with Gasteiger partial charge >= 0.3 is 0 Å². The number of nitrogens with zero attached hydrogens (tertiary/aromatic N) is 6. The molecule has 0 spiro atoms. The van der Waals surface area contributed by atoms with Crippen LogP contribution < -0.4 is 14.8 Å². The molecule has 0 saturated carbocycles. The molecule has 1 aliphatic rings. The number of carbonyl (C=O) groups excluding carboxylic acids is 1. The van der Waals surface area contributed by atoms with Gasteiger partial charge in [0, 0.05) is 24.1 Å². The molecule has 2 unspecified atom stereocenters. The molecule has 4 aromatic carbocycles. The van der Waals surface area contributed by atoms with Crippen molar-refractivity contribution in [3.63, 3.8) is 0 Å². The fourth-order valence-corrected chi connectivity index (χ4v) is 9.51. The molecule has 0 bridgehead atoms. The summed E-state index contributed by atoms with van der Waals surface area (Å²) in [5.41, 5.74) is 2.89. The molecule has 1 fully saturated rings. The number of anilines is 1. The molecule has 0 aliphatic carbocycles. The second-order valence-corrected chi connectivity index (χ2v) is 16.6. The highest BCUT2D eigenvalue weighted by Gasteiger charge is 2.45. The molecule has 14 nitrogen and oxygen atoms in total. The molecular formula is C47H52N7O7P.